The standard InChI is InChI=1S/C22H20F2N2O4S/c1-30-18-10-12-19(13-11-18)31(28,29)26(21-5-3-2-4-20(21)24)15-22(27)25-14-16-6-8-17(23)9-7-16/h2-13H,14-15H2,1H3,(H,25,27). The Morgan fingerprint density at radius 2 is 1.61 bits per heavy atom. The number of anilines is 1. The zero-order valence-electron chi connectivity index (χ0n) is 16.6. The lowest BCUT2D eigenvalue weighted by Gasteiger charge is -2.24. The molecule has 31 heavy (non-hydrogen) atoms. The first-order valence-corrected chi connectivity index (χ1v) is 10.7. The van der Waals surface area contributed by atoms with Gasteiger partial charge < -0.3 is 10.1 Å². The van der Waals surface area contributed by atoms with Crippen LogP contribution < -0.4 is 14.4 Å². The monoisotopic (exact) mass is 446 g/mol. The number of sulfonamides is 1. The highest BCUT2D eigenvalue weighted by atomic mass is 32.2. The first-order chi connectivity index (χ1) is 14.8. The van der Waals surface area contributed by atoms with Crippen molar-refractivity contribution in [2.75, 3.05) is 18.0 Å². The van der Waals surface area contributed by atoms with E-state index in [9.17, 15) is 22.0 Å². The van der Waals surface area contributed by atoms with Crippen LogP contribution in [0.2, 0.25) is 0 Å². The Balaban J connectivity index is 1.86. The van der Waals surface area contributed by atoms with Crippen LogP contribution in [0.3, 0.4) is 0 Å². The molecule has 0 aliphatic heterocycles. The molecule has 0 heterocycles. The lowest BCUT2D eigenvalue weighted by molar-refractivity contribution is -0.119. The van der Waals surface area contributed by atoms with Gasteiger partial charge in [0.2, 0.25) is 5.91 Å². The maximum atomic E-state index is 14.5. The Morgan fingerprint density at radius 3 is 2.23 bits per heavy atom. The Morgan fingerprint density at radius 1 is 0.968 bits per heavy atom. The number of benzene rings is 3. The smallest absolute Gasteiger partial charge is 0.264 e. The molecule has 0 aliphatic rings. The average Bonchev–Trinajstić information content (AvgIpc) is 2.77. The fourth-order valence-electron chi connectivity index (χ4n) is 2.82. The minimum absolute atomic E-state index is 0.0623. The SMILES string of the molecule is COc1ccc(S(=O)(=O)N(CC(=O)NCc2ccc(F)cc2)c2ccccc2F)cc1. The van der Waals surface area contributed by atoms with Gasteiger partial charge in [0.1, 0.15) is 23.9 Å². The van der Waals surface area contributed by atoms with Crippen LogP contribution in [0.25, 0.3) is 0 Å². The van der Waals surface area contributed by atoms with Crippen molar-refractivity contribution in [3.05, 3.63) is 90.0 Å². The van der Waals surface area contributed by atoms with Crippen molar-refractivity contribution in [2.24, 2.45) is 0 Å². The molecule has 0 bridgehead atoms. The van der Waals surface area contributed by atoms with Gasteiger partial charge in [0.05, 0.1) is 17.7 Å². The van der Waals surface area contributed by atoms with E-state index in [-0.39, 0.29) is 17.1 Å². The number of halogens is 2. The van der Waals surface area contributed by atoms with Gasteiger partial charge in [-0.1, -0.05) is 24.3 Å². The van der Waals surface area contributed by atoms with Crippen LogP contribution in [0.1, 0.15) is 5.56 Å². The van der Waals surface area contributed by atoms with Crippen molar-refractivity contribution in [2.45, 2.75) is 11.4 Å². The van der Waals surface area contributed by atoms with E-state index in [0.29, 0.717) is 15.6 Å². The fraction of sp³-hybridized carbons (Fsp3) is 0.136. The number of methoxy groups -OCH3 is 1. The average molecular weight is 446 g/mol. The van der Waals surface area contributed by atoms with Gasteiger partial charge in [-0.05, 0) is 54.1 Å². The summed E-state index contributed by atoms with van der Waals surface area (Å²) in [5, 5.41) is 2.57. The summed E-state index contributed by atoms with van der Waals surface area (Å²) in [6.07, 6.45) is 0. The van der Waals surface area contributed by atoms with Gasteiger partial charge in [-0.3, -0.25) is 9.10 Å². The Bertz CT molecular complexity index is 1150. The van der Waals surface area contributed by atoms with E-state index in [2.05, 4.69) is 5.32 Å². The lowest BCUT2D eigenvalue weighted by atomic mass is 10.2. The van der Waals surface area contributed by atoms with Crippen molar-refractivity contribution < 1.29 is 26.7 Å². The third-order valence-corrected chi connectivity index (χ3v) is 6.23. The van der Waals surface area contributed by atoms with E-state index < -0.39 is 34.1 Å². The molecule has 0 spiro atoms. The maximum absolute atomic E-state index is 14.5. The molecule has 3 aromatic carbocycles. The van der Waals surface area contributed by atoms with Crippen LogP contribution in [0.5, 0.6) is 5.75 Å². The van der Waals surface area contributed by atoms with E-state index >= 15 is 0 Å². The number of carbonyl (C=O) groups is 1. The molecule has 3 rings (SSSR count). The lowest BCUT2D eigenvalue weighted by Crippen LogP contribution is -2.41. The predicted molar refractivity (Wildman–Crippen MR) is 112 cm³/mol. The summed E-state index contributed by atoms with van der Waals surface area (Å²) in [6, 6.07) is 16.3. The van der Waals surface area contributed by atoms with Crippen LogP contribution in [0.15, 0.2) is 77.7 Å². The summed E-state index contributed by atoms with van der Waals surface area (Å²) in [5.74, 6) is -1.39. The number of ether oxygens (including phenoxy) is 1. The number of rotatable bonds is 8. The molecule has 0 radical (unpaired) electrons. The summed E-state index contributed by atoms with van der Waals surface area (Å²) >= 11 is 0. The first kappa shape index (κ1) is 22.2. The highest BCUT2D eigenvalue weighted by Crippen LogP contribution is 2.27. The third kappa shape index (κ3) is 5.37. The van der Waals surface area contributed by atoms with Gasteiger partial charge in [0.25, 0.3) is 10.0 Å². The van der Waals surface area contributed by atoms with Gasteiger partial charge in [-0.15, -0.1) is 0 Å². The van der Waals surface area contributed by atoms with Crippen LogP contribution in [0, 0.1) is 11.6 Å². The Kier molecular flexibility index (Phi) is 6.86. The Labute approximate surface area is 179 Å². The molecule has 162 valence electrons. The highest BCUT2D eigenvalue weighted by Gasteiger charge is 2.29. The minimum Gasteiger partial charge on any atom is -0.497 e. The maximum Gasteiger partial charge on any atom is 0.264 e. The molecule has 0 unspecified atom stereocenters. The number of hydrogen-bond acceptors (Lipinski definition) is 4. The van der Waals surface area contributed by atoms with Crippen molar-refractivity contribution in [3.63, 3.8) is 0 Å². The van der Waals surface area contributed by atoms with Crippen molar-refractivity contribution in [1.82, 2.24) is 5.32 Å². The van der Waals surface area contributed by atoms with Crippen LogP contribution in [-0.2, 0) is 21.4 Å². The number of hydrogen-bond donors (Lipinski definition) is 1. The van der Waals surface area contributed by atoms with Gasteiger partial charge in [0.15, 0.2) is 0 Å². The summed E-state index contributed by atoms with van der Waals surface area (Å²) in [5.41, 5.74) is 0.375. The first-order valence-electron chi connectivity index (χ1n) is 9.24. The zero-order chi connectivity index (χ0) is 22.4. The van der Waals surface area contributed by atoms with E-state index in [1.54, 1.807) is 0 Å². The van der Waals surface area contributed by atoms with E-state index in [0.717, 1.165) is 6.07 Å². The topological polar surface area (TPSA) is 75.7 Å². The summed E-state index contributed by atoms with van der Waals surface area (Å²) in [4.78, 5) is 12.4. The molecule has 0 fully saturated rings. The number of amides is 1. The molecular formula is C22H20F2N2O4S. The number of nitrogens with zero attached hydrogens (tertiary/aromatic N) is 1. The van der Waals surface area contributed by atoms with Crippen molar-refractivity contribution >= 4 is 21.6 Å². The van der Waals surface area contributed by atoms with Crippen molar-refractivity contribution in [3.8, 4) is 5.75 Å². The molecule has 0 saturated heterocycles. The number of carbonyl (C=O) groups excluding carboxylic acids is 1. The molecule has 1 N–H and O–H groups in total. The molecule has 9 heteroatoms. The van der Waals surface area contributed by atoms with E-state index in [1.807, 2.05) is 0 Å². The Hall–Kier alpha value is -3.46. The molecular weight excluding hydrogens is 426 g/mol. The normalized spacial score (nSPS) is 11.1. The molecule has 0 aliphatic carbocycles. The van der Waals surface area contributed by atoms with E-state index in [4.69, 9.17) is 4.74 Å². The van der Waals surface area contributed by atoms with Crippen molar-refractivity contribution in [1.29, 1.82) is 0 Å². The minimum atomic E-state index is -4.26. The molecule has 6 nitrogen and oxygen atoms in total. The molecule has 1 amide bonds. The second kappa shape index (κ2) is 9.57. The van der Waals surface area contributed by atoms with Crippen LogP contribution in [-0.4, -0.2) is 28.0 Å². The van der Waals surface area contributed by atoms with Crippen LogP contribution >= 0.6 is 0 Å². The summed E-state index contributed by atoms with van der Waals surface area (Å²) < 4.78 is 59.7. The van der Waals surface area contributed by atoms with Gasteiger partial charge in [-0.2, -0.15) is 0 Å². The predicted octanol–water partition coefficient (Wildman–Crippen LogP) is 3.49. The quantitative estimate of drug-likeness (QED) is 0.575. The molecule has 0 saturated carbocycles. The second-order valence-corrected chi connectivity index (χ2v) is 8.40. The summed E-state index contributed by atoms with van der Waals surface area (Å²) in [7, 11) is -2.81. The summed E-state index contributed by atoms with van der Waals surface area (Å²) in [6.45, 7) is -0.580. The molecule has 3 aromatic rings. The zero-order valence-corrected chi connectivity index (χ0v) is 17.4. The van der Waals surface area contributed by atoms with Crippen LogP contribution in [0.4, 0.5) is 14.5 Å². The van der Waals surface area contributed by atoms with E-state index in [1.165, 1.54) is 73.8 Å². The fourth-order valence-corrected chi connectivity index (χ4v) is 4.25. The highest BCUT2D eigenvalue weighted by molar-refractivity contribution is 7.92. The second-order valence-electron chi connectivity index (χ2n) is 6.54. The third-order valence-electron chi connectivity index (χ3n) is 4.46. The number of para-hydroxylation sites is 1. The van der Waals surface area contributed by atoms with Gasteiger partial charge >= 0.3 is 0 Å². The number of nitrogens with one attached hydrogen (secondary N) is 1. The molecule has 0 atom stereocenters. The largest absolute Gasteiger partial charge is 0.497 e. The molecule has 0 aromatic heterocycles. The van der Waals surface area contributed by atoms with Gasteiger partial charge in [0, 0.05) is 6.54 Å². The van der Waals surface area contributed by atoms with Gasteiger partial charge in [-0.25, -0.2) is 17.2 Å².